The number of fused-ring (bicyclic) bond motifs is 1. The maximum atomic E-state index is 12.3. The summed E-state index contributed by atoms with van der Waals surface area (Å²) in [5.74, 6) is 1.72. The van der Waals surface area contributed by atoms with E-state index in [1.165, 1.54) is 4.90 Å². The number of carbonyl (C=O) groups excluding carboxylic acids is 1. The van der Waals surface area contributed by atoms with E-state index >= 15 is 0 Å². The number of nitrogens with zero attached hydrogens (tertiary/aromatic N) is 1. The molecule has 136 valence electrons. The van der Waals surface area contributed by atoms with E-state index in [-0.39, 0.29) is 12.1 Å². The van der Waals surface area contributed by atoms with Crippen molar-refractivity contribution in [1.29, 1.82) is 0 Å². The van der Waals surface area contributed by atoms with Gasteiger partial charge in [0.05, 0.1) is 18.8 Å². The van der Waals surface area contributed by atoms with Crippen LogP contribution in [0.3, 0.4) is 0 Å². The van der Waals surface area contributed by atoms with Gasteiger partial charge in [-0.2, -0.15) is 0 Å². The second-order valence-corrected chi connectivity index (χ2v) is 6.71. The first-order valence-corrected chi connectivity index (χ1v) is 8.84. The van der Waals surface area contributed by atoms with Gasteiger partial charge in [0.1, 0.15) is 5.76 Å². The van der Waals surface area contributed by atoms with E-state index in [0.717, 1.165) is 18.2 Å². The summed E-state index contributed by atoms with van der Waals surface area (Å²) in [5, 5.41) is 13.8. The van der Waals surface area contributed by atoms with Gasteiger partial charge in [-0.25, -0.2) is 4.79 Å². The van der Waals surface area contributed by atoms with Crippen LogP contribution in [-0.2, 0) is 0 Å². The number of furan rings is 1. The largest absolute Gasteiger partial charge is 0.490 e. The summed E-state index contributed by atoms with van der Waals surface area (Å²) >= 11 is 0. The van der Waals surface area contributed by atoms with Gasteiger partial charge in [0.15, 0.2) is 11.3 Å². The third-order valence-corrected chi connectivity index (χ3v) is 4.57. The lowest BCUT2D eigenvalue weighted by atomic mass is 10.2. The fraction of sp³-hybridized carbons (Fsp3) is 0.526. The molecule has 2 unspecified atom stereocenters. The SMILES string of the molecule is CCOc1cccc2cc(C(C)NC(=O)N(C)CC(O)C3CC3)oc12. The van der Waals surface area contributed by atoms with Gasteiger partial charge in [-0.15, -0.1) is 0 Å². The number of rotatable bonds is 7. The minimum atomic E-state index is -0.439. The van der Waals surface area contributed by atoms with Gasteiger partial charge in [-0.3, -0.25) is 0 Å². The molecule has 25 heavy (non-hydrogen) atoms. The summed E-state index contributed by atoms with van der Waals surface area (Å²) in [6, 6.07) is 7.16. The molecule has 1 saturated carbocycles. The monoisotopic (exact) mass is 346 g/mol. The molecule has 2 N–H and O–H groups in total. The minimum absolute atomic E-state index is 0.224. The maximum Gasteiger partial charge on any atom is 0.317 e. The molecule has 6 heteroatoms. The molecule has 1 aromatic heterocycles. The number of aliphatic hydroxyl groups is 1. The Balaban J connectivity index is 1.65. The van der Waals surface area contributed by atoms with Crippen molar-refractivity contribution >= 4 is 17.0 Å². The van der Waals surface area contributed by atoms with Crippen LogP contribution in [0.1, 0.15) is 38.5 Å². The number of para-hydroxylation sites is 1. The number of nitrogens with one attached hydrogen (secondary N) is 1. The fourth-order valence-electron chi connectivity index (χ4n) is 2.90. The van der Waals surface area contributed by atoms with Crippen molar-refractivity contribution in [2.45, 2.75) is 38.8 Å². The predicted molar refractivity (Wildman–Crippen MR) is 95.7 cm³/mol. The molecule has 2 aromatic rings. The summed E-state index contributed by atoms with van der Waals surface area (Å²) in [5.41, 5.74) is 0.693. The second kappa shape index (κ2) is 7.35. The van der Waals surface area contributed by atoms with Crippen LogP contribution in [0.2, 0.25) is 0 Å². The summed E-state index contributed by atoms with van der Waals surface area (Å²) < 4.78 is 11.5. The van der Waals surface area contributed by atoms with E-state index in [4.69, 9.17) is 9.15 Å². The Labute approximate surface area is 147 Å². The van der Waals surface area contributed by atoms with Crippen molar-refractivity contribution < 1.29 is 19.1 Å². The molecule has 1 aromatic carbocycles. The standard InChI is InChI=1S/C19H26N2O4/c1-4-24-16-7-5-6-14-10-17(25-18(14)16)12(2)20-19(23)21(3)11-15(22)13-8-9-13/h5-7,10,12-13,15,22H,4,8-9,11H2,1-3H3,(H,20,23). The lowest BCUT2D eigenvalue weighted by Crippen LogP contribution is -2.42. The first-order chi connectivity index (χ1) is 12.0. The Morgan fingerprint density at radius 2 is 2.24 bits per heavy atom. The lowest BCUT2D eigenvalue weighted by molar-refractivity contribution is 0.112. The first-order valence-electron chi connectivity index (χ1n) is 8.84. The Bertz CT molecular complexity index is 738. The molecule has 1 aliphatic carbocycles. The number of benzene rings is 1. The Hall–Kier alpha value is -2.21. The van der Waals surface area contributed by atoms with Gasteiger partial charge in [0.25, 0.3) is 0 Å². The average Bonchev–Trinajstić information content (AvgIpc) is 3.34. The molecule has 0 bridgehead atoms. The van der Waals surface area contributed by atoms with E-state index < -0.39 is 6.10 Å². The number of carbonyl (C=O) groups is 1. The van der Waals surface area contributed by atoms with Gasteiger partial charge in [-0.1, -0.05) is 12.1 Å². The van der Waals surface area contributed by atoms with Crippen molar-refractivity contribution in [3.8, 4) is 5.75 Å². The molecule has 6 nitrogen and oxygen atoms in total. The summed E-state index contributed by atoms with van der Waals surface area (Å²) in [7, 11) is 1.69. The molecule has 1 aliphatic rings. The highest BCUT2D eigenvalue weighted by molar-refractivity contribution is 5.84. The molecule has 0 aliphatic heterocycles. The topological polar surface area (TPSA) is 74.9 Å². The molecular weight excluding hydrogens is 320 g/mol. The Kier molecular flexibility index (Phi) is 5.18. The summed E-state index contributed by atoms with van der Waals surface area (Å²) in [4.78, 5) is 13.8. The number of hydrogen-bond donors (Lipinski definition) is 2. The zero-order chi connectivity index (χ0) is 18.0. The summed E-state index contributed by atoms with van der Waals surface area (Å²) in [6.45, 7) is 4.71. The number of likely N-dealkylation sites (N-methyl/N-ethyl adjacent to an activating group) is 1. The zero-order valence-corrected chi connectivity index (χ0v) is 15.0. The highest BCUT2D eigenvalue weighted by Gasteiger charge is 2.31. The molecule has 0 saturated heterocycles. The van der Waals surface area contributed by atoms with Crippen LogP contribution in [0.15, 0.2) is 28.7 Å². The van der Waals surface area contributed by atoms with E-state index in [0.29, 0.717) is 36.2 Å². The smallest absolute Gasteiger partial charge is 0.317 e. The highest BCUT2D eigenvalue weighted by Crippen LogP contribution is 2.33. The molecule has 2 atom stereocenters. The van der Waals surface area contributed by atoms with E-state index in [2.05, 4.69) is 5.32 Å². The van der Waals surface area contributed by atoms with E-state index in [9.17, 15) is 9.90 Å². The van der Waals surface area contributed by atoms with Gasteiger partial charge in [-0.05, 0) is 44.7 Å². The molecular formula is C19H26N2O4. The molecule has 1 fully saturated rings. The zero-order valence-electron chi connectivity index (χ0n) is 15.0. The third-order valence-electron chi connectivity index (χ3n) is 4.57. The molecule has 3 rings (SSSR count). The van der Waals surface area contributed by atoms with Gasteiger partial charge >= 0.3 is 6.03 Å². The van der Waals surface area contributed by atoms with Gasteiger partial charge in [0, 0.05) is 19.0 Å². The summed E-state index contributed by atoms with van der Waals surface area (Å²) in [6.07, 6.45) is 1.66. The van der Waals surface area contributed by atoms with E-state index in [1.807, 2.05) is 38.1 Å². The van der Waals surface area contributed by atoms with Crippen LogP contribution >= 0.6 is 0 Å². The molecule has 2 amide bonds. The number of hydrogen-bond acceptors (Lipinski definition) is 4. The van der Waals surface area contributed by atoms with Crippen molar-refractivity contribution in [1.82, 2.24) is 10.2 Å². The first kappa shape index (κ1) is 17.6. The highest BCUT2D eigenvalue weighted by atomic mass is 16.5. The minimum Gasteiger partial charge on any atom is -0.490 e. The van der Waals surface area contributed by atoms with Crippen molar-refractivity contribution in [2.75, 3.05) is 20.2 Å². The van der Waals surface area contributed by atoms with Crippen LogP contribution in [0.25, 0.3) is 11.0 Å². The average molecular weight is 346 g/mol. The number of ether oxygens (including phenoxy) is 1. The van der Waals surface area contributed by atoms with Crippen LogP contribution in [0, 0.1) is 5.92 Å². The third kappa shape index (κ3) is 4.07. The normalized spacial score (nSPS) is 16.5. The number of amides is 2. The fourth-order valence-corrected chi connectivity index (χ4v) is 2.90. The molecule has 0 spiro atoms. The van der Waals surface area contributed by atoms with Crippen LogP contribution in [-0.4, -0.2) is 42.3 Å². The van der Waals surface area contributed by atoms with Gasteiger partial charge < -0.3 is 24.5 Å². The lowest BCUT2D eigenvalue weighted by Gasteiger charge is -2.23. The van der Waals surface area contributed by atoms with E-state index in [1.54, 1.807) is 7.05 Å². The van der Waals surface area contributed by atoms with Crippen LogP contribution < -0.4 is 10.1 Å². The van der Waals surface area contributed by atoms with Crippen LogP contribution in [0.4, 0.5) is 4.79 Å². The van der Waals surface area contributed by atoms with Crippen LogP contribution in [0.5, 0.6) is 5.75 Å². The maximum absolute atomic E-state index is 12.3. The number of aliphatic hydroxyl groups excluding tert-OH is 1. The van der Waals surface area contributed by atoms with Crippen molar-refractivity contribution in [3.05, 3.63) is 30.0 Å². The van der Waals surface area contributed by atoms with Crippen molar-refractivity contribution in [2.24, 2.45) is 5.92 Å². The Morgan fingerprint density at radius 1 is 1.48 bits per heavy atom. The van der Waals surface area contributed by atoms with Gasteiger partial charge in [0.2, 0.25) is 0 Å². The Morgan fingerprint density at radius 3 is 2.92 bits per heavy atom. The second-order valence-electron chi connectivity index (χ2n) is 6.71. The number of urea groups is 1. The van der Waals surface area contributed by atoms with Crippen molar-refractivity contribution in [3.63, 3.8) is 0 Å². The predicted octanol–water partition coefficient (Wildman–Crippen LogP) is 3.30. The quantitative estimate of drug-likeness (QED) is 0.806. The molecule has 1 heterocycles. The molecule has 0 radical (unpaired) electrons.